The van der Waals surface area contributed by atoms with Crippen LogP contribution in [-0.2, 0) is 6.42 Å². The number of carbonyl (C=O) groups is 1. The fourth-order valence-corrected chi connectivity index (χ4v) is 4.66. The number of urea groups is 1. The Morgan fingerprint density at radius 1 is 1.38 bits per heavy atom. The molecule has 1 saturated heterocycles. The number of aromatic amines is 1. The number of aromatic nitrogens is 1. The van der Waals surface area contributed by atoms with E-state index in [2.05, 4.69) is 52.0 Å². The summed E-state index contributed by atoms with van der Waals surface area (Å²) in [6.07, 6.45) is 4.45. The third kappa shape index (κ3) is 2.57. The van der Waals surface area contributed by atoms with Crippen molar-refractivity contribution in [2.75, 3.05) is 26.7 Å². The molecule has 5 nitrogen and oxygen atoms in total. The van der Waals surface area contributed by atoms with E-state index in [9.17, 15) is 4.79 Å². The number of benzene rings is 1. The second-order valence-corrected chi connectivity index (χ2v) is 7.24. The van der Waals surface area contributed by atoms with E-state index in [0.29, 0.717) is 24.4 Å². The molecule has 3 N–H and O–H groups in total. The van der Waals surface area contributed by atoms with Gasteiger partial charge in [0.1, 0.15) is 0 Å². The highest BCUT2D eigenvalue weighted by Crippen LogP contribution is 2.44. The summed E-state index contributed by atoms with van der Waals surface area (Å²) in [7, 11) is 2.23. The molecule has 1 aliphatic heterocycles. The van der Waals surface area contributed by atoms with Gasteiger partial charge in [-0.2, -0.15) is 0 Å². The number of rotatable bonds is 3. The van der Waals surface area contributed by atoms with Crippen molar-refractivity contribution in [3.05, 3.63) is 35.5 Å². The first-order chi connectivity index (χ1) is 11.7. The molecule has 2 aromatic rings. The normalized spacial score (nSPS) is 26.2. The number of amides is 2. The van der Waals surface area contributed by atoms with E-state index in [1.807, 2.05) is 6.92 Å². The van der Waals surface area contributed by atoms with Gasteiger partial charge in [-0.05, 0) is 49.9 Å². The van der Waals surface area contributed by atoms with Crippen LogP contribution in [0.25, 0.3) is 10.9 Å². The third-order valence-corrected chi connectivity index (χ3v) is 5.70. The number of hydrogen-bond donors (Lipinski definition) is 3. The van der Waals surface area contributed by atoms with Crippen LogP contribution in [-0.4, -0.2) is 48.6 Å². The first-order valence-corrected chi connectivity index (χ1v) is 8.98. The van der Waals surface area contributed by atoms with Crippen molar-refractivity contribution in [3.8, 4) is 0 Å². The second-order valence-electron chi connectivity index (χ2n) is 7.24. The highest BCUT2D eigenvalue weighted by Gasteiger charge is 2.39. The maximum absolute atomic E-state index is 11.7. The molecule has 0 radical (unpaired) electrons. The molecule has 2 heterocycles. The van der Waals surface area contributed by atoms with Crippen LogP contribution < -0.4 is 10.6 Å². The maximum atomic E-state index is 11.7. The summed E-state index contributed by atoms with van der Waals surface area (Å²) in [6.45, 7) is 4.40. The summed E-state index contributed by atoms with van der Waals surface area (Å²) in [4.78, 5) is 17.6. The largest absolute Gasteiger partial charge is 0.361 e. The molecule has 128 valence electrons. The predicted octanol–water partition coefficient (Wildman–Crippen LogP) is 2.45. The Labute approximate surface area is 142 Å². The fraction of sp³-hybridized carbons (Fsp3) is 0.526. The van der Waals surface area contributed by atoms with Crippen LogP contribution in [0, 0.1) is 5.92 Å². The number of fused-ring (bicyclic) bond motifs is 2. The Hall–Kier alpha value is -2.01. The lowest BCUT2D eigenvalue weighted by Crippen LogP contribution is -2.50. The van der Waals surface area contributed by atoms with Gasteiger partial charge < -0.3 is 20.5 Å². The minimum Gasteiger partial charge on any atom is -0.361 e. The SMILES string of the molecule is CCNC(=O)NC[C@@H]1CC2c3cccc4[nH]cc(c34)C[C@H]2N(C)C1. The zero-order chi connectivity index (χ0) is 16.7. The smallest absolute Gasteiger partial charge is 0.314 e. The van der Waals surface area contributed by atoms with Gasteiger partial charge >= 0.3 is 6.03 Å². The standard InChI is InChI=1S/C19H26N4O/c1-3-20-19(24)22-9-12-7-15-14-5-4-6-16-18(14)13(10-21-16)8-17(15)23(2)11-12/h4-6,10,12,15,17,21H,3,7-9,11H2,1-2H3,(H2,20,22,24)/t12-,15?,17+/m0/s1. The van der Waals surface area contributed by atoms with Crippen molar-refractivity contribution < 1.29 is 4.79 Å². The summed E-state index contributed by atoms with van der Waals surface area (Å²) in [5.41, 5.74) is 4.19. The number of nitrogens with one attached hydrogen (secondary N) is 3. The highest BCUT2D eigenvalue weighted by atomic mass is 16.2. The molecule has 0 spiro atoms. The van der Waals surface area contributed by atoms with E-state index < -0.39 is 0 Å². The van der Waals surface area contributed by atoms with Crippen molar-refractivity contribution in [2.45, 2.75) is 31.7 Å². The second kappa shape index (κ2) is 6.13. The molecule has 3 atom stereocenters. The molecule has 1 unspecified atom stereocenters. The molecule has 1 aromatic carbocycles. The number of hydrogen-bond acceptors (Lipinski definition) is 2. The first-order valence-electron chi connectivity index (χ1n) is 8.98. The van der Waals surface area contributed by atoms with Gasteiger partial charge in [-0.1, -0.05) is 12.1 Å². The number of carbonyl (C=O) groups excluding carboxylic acids is 1. The molecular weight excluding hydrogens is 300 g/mol. The molecular formula is C19H26N4O. The van der Waals surface area contributed by atoms with Crippen LogP contribution in [0.4, 0.5) is 4.79 Å². The van der Waals surface area contributed by atoms with Crippen LogP contribution in [0.3, 0.4) is 0 Å². The third-order valence-electron chi connectivity index (χ3n) is 5.70. The topological polar surface area (TPSA) is 60.2 Å². The zero-order valence-corrected chi connectivity index (χ0v) is 14.4. The van der Waals surface area contributed by atoms with E-state index in [0.717, 1.165) is 25.9 Å². The summed E-state index contributed by atoms with van der Waals surface area (Å²) in [5.74, 6) is 1.05. The average molecular weight is 326 g/mol. The summed E-state index contributed by atoms with van der Waals surface area (Å²) >= 11 is 0. The van der Waals surface area contributed by atoms with Gasteiger partial charge in [0, 0.05) is 48.7 Å². The van der Waals surface area contributed by atoms with Gasteiger partial charge in [-0.3, -0.25) is 0 Å². The molecule has 2 aliphatic rings. The van der Waals surface area contributed by atoms with E-state index in [1.165, 1.54) is 22.0 Å². The quantitative estimate of drug-likeness (QED) is 0.811. The Morgan fingerprint density at radius 3 is 3.08 bits per heavy atom. The molecule has 1 aliphatic carbocycles. The van der Waals surface area contributed by atoms with Gasteiger partial charge in [0.15, 0.2) is 0 Å². The first kappa shape index (κ1) is 15.5. The predicted molar refractivity (Wildman–Crippen MR) is 96.3 cm³/mol. The van der Waals surface area contributed by atoms with E-state index >= 15 is 0 Å². The van der Waals surface area contributed by atoms with E-state index in [4.69, 9.17) is 0 Å². The van der Waals surface area contributed by atoms with Crippen LogP contribution in [0.2, 0.25) is 0 Å². The van der Waals surface area contributed by atoms with Crippen molar-refractivity contribution >= 4 is 16.9 Å². The number of H-pyrrole nitrogens is 1. The molecule has 0 saturated carbocycles. The Bertz CT molecular complexity index is 753. The zero-order valence-electron chi connectivity index (χ0n) is 14.4. The van der Waals surface area contributed by atoms with Crippen LogP contribution >= 0.6 is 0 Å². The monoisotopic (exact) mass is 326 g/mol. The molecule has 1 aromatic heterocycles. The van der Waals surface area contributed by atoms with Crippen LogP contribution in [0.5, 0.6) is 0 Å². The average Bonchev–Trinajstić information content (AvgIpc) is 2.99. The lowest BCUT2D eigenvalue weighted by Gasteiger charge is -2.45. The van der Waals surface area contributed by atoms with Gasteiger partial charge in [0.05, 0.1) is 0 Å². The number of likely N-dealkylation sites (tertiary alicyclic amines) is 1. The van der Waals surface area contributed by atoms with Crippen molar-refractivity contribution in [2.24, 2.45) is 5.92 Å². The molecule has 0 bridgehead atoms. The lowest BCUT2D eigenvalue weighted by molar-refractivity contribution is 0.112. The lowest BCUT2D eigenvalue weighted by atomic mass is 9.72. The Balaban J connectivity index is 1.56. The van der Waals surface area contributed by atoms with E-state index in [1.54, 1.807) is 0 Å². The number of likely N-dealkylation sites (N-methyl/N-ethyl adjacent to an activating group) is 1. The Kier molecular flexibility index (Phi) is 3.96. The maximum Gasteiger partial charge on any atom is 0.314 e. The van der Waals surface area contributed by atoms with Crippen molar-refractivity contribution in [1.29, 1.82) is 0 Å². The number of piperidine rings is 1. The molecule has 24 heavy (non-hydrogen) atoms. The Morgan fingerprint density at radius 2 is 2.25 bits per heavy atom. The van der Waals surface area contributed by atoms with Gasteiger partial charge in [-0.15, -0.1) is 0 Å². The van der Waals surface area contributed by atoms with Gasteiger partial charge in [0.2, 0.25) is 0 Å². The van der Waals surface area contributed by atoms with Gasteiger partial charge in [-0.25, -0.2) is 4.79 Å². The van der Waals surface area contributed by atoms with Gasteiger partial charge in [0.25, 0.3) is 0 Å². The van der Waals surface area contributed by atoms with E-state index in [-0.39, 0.29) is 6.03 Å². The van der Waals surface area contributed by atoms with Crippen molar-refractivity contribution in [1.82, 2.24) is 20.5 Å². The summed E-state index contributed by atoms with van der Waals surface area (Å²) in [6, 6.07) is 7.14. The summed E-state index contributed by atoms with van der Waals surface area (Å²) < 4.78 is 0. The highest BCUT2D eigenvalue weighted by molar-refractivity contribution is 5.88. The van der Waals surface area contributed by atoms with Crippen LogP contribution in [0.1, 0.15) is 30.4 Å². The van der Waals surface area contributed by atoms with Crippen molar-refractivity contribution in [3.63, 3.8) is 0 Å². The minimum atomic E-state index is -0.0547. The molecule has 2 amide bonds. The fourth-order valence-electron chi connectivity index (χ4n) is 4.66. The van der Waals surface area contributed by atoms with Crippen LogP contribution in [0.15, 0.2) is 24.4 Å². The molecule has 5 heteroatoms. The molecule has 4 rings (SSSR count). The molecule has 1 fully saturated rings. The number of nitrogens with zero attached hydrogens (tertiary/aromatic N) is 1. The summed E-state index contributed by atoms with van der Waals surface area (Å²) in [5, 5.41) is 7.27. The minimum absolute atomic E-state index is 0.0547.